The van der Waals surface area contributed by atoms with Gasteiger partial charge >= 0.3 is 0 Å². The van der Waals surface area contributed by atoms with E-state index in [-0.39, 0.29) is 0 Å². The molecule has 23 heavy (non-hydrogen) atoms. The standard InChI is InChI=1S/C17H31N5S/c1-5-20(6-2)15(3)14-19-17(18-4)22-11-9-21(10-12-22)16-8-7-13-23-16/h7-8,13,15H,5-6,9-12,14H2,1-4H3,(H,18,19). The lowest BCUT2D eigenvalue weighted by molar-refractivity contribution is 0.229. The van der Waals surface area contributed by atoms with E-state index in [2.05, 4.69) is 63.3 Å². The van der Waals surface area contributed by atoms with Gasteiger partial charge in [0.1, 0.15) is 0 Å². The van der Waals surface area contributed by atoms with Crippen LogP contribution in [0.15, 0.2) is 22.5 Å². The lowest BCUT2D eigenvalue weighted by Gasteiger charge is -2.37. The van der Waals surface area contributed by atoms with Crippen molar-refractivity contribution in [3.63, 3.8) is 0 Å². The quantitative estimate of drug-likeness (QED) is 0.637. The summed E-state index contributed by atoms with van der Waals surface area (Å²) in [4.78, 5) is 11.8. The van der Waals surface area contributed by atoms with E-state index in [9.17, 15) is 0 Å². The fourth-order valence-corrected chi connectivity index (χ4v) is 3.92. The Kier molecular flexibility index (Phi) is 7.17. The molecule has 0 aromatic carbocycles. The summed E-state index contributed by atoms with van der Waals surface area (Å²) < 4.78 is 0. The molecule has 6 heteroatoms. The van der Waals surface area contributed by atoms with E-state index in [0.29, 0.717) is 6.04 Å². The molecule has 1 aliphatic heterocycles. The first-order valence-electron chi connectivity index (χ1n) is 8.67. The van der Waals surface area contributed by atoms with Crippen molar-refractivity contribution in [3.8, 4) is 0 Å². The molecule has 1 aliphatic rings. The van der Waals surface area contributed by atoms with Gasteiger partial charge in [0.2, 0.25) is 0 Å². The van der Waals surface area contributed by atoms with Gasteiger partial charge in [-0.15, -0.1) is 11.3 Å². The van der Waals surface area contributed by atoms with E-state index in [0.717, 1.165) is 51.8 Å². The minimum absolute atomic E-state index is 0.522. The molecule has 2 heterocycles. The van der Waals surface area contributed by atoms with E-state index >= 15 is 0 Å². The van der Waals surface area contributed by atoms with Crippen LogP contribution in [0.5, 0.6) is 0 Å². The van der Waals surface area contributed by atoms with Gasteiger partial charge in [-0.25, -0.2) is 0 Å². The first-order valence-corrected chi connectivity index (χ1v) is 9.55. The molecule has 2 rings (SSSR count). The summed E-state index contributed by atoms with van der Waals surface area (Å²) in [6, 6.07) is 4.86. The lowest BCUT2D eigenvalue weighted by Crippen LogP contribution is -2.54. The first kappa shape index (κ1) is 18.1. The second-order valence-electron chi connectivity index (χ2n) is 5.92. The van der Waals surface area contributed by atoms with Crippen LogP contribution in [0, 0.1) is 0 Å². The molecule has 5 nitrogen and oxygen atoms in total. The molecule has 1 fully saturated rings. The highest BCUT2D eigenvalue weighted by atomic mass is 32.1. The van der Waals surface area contributed by atoms with Gasteiger partial charge in [-0.1, -0.05) is 13.8 Å². The number of nitrogens with zero attached hydrogens (tertiary/aromatic N) is 4. The average molecular weight is 338 g/mol. The number of likely N-dealkylation sites (N-methyl/N-ethyl adjacent to an activating group) is 1. The largest absolute Gasteiger partial charge is 0.360 e. The van der Waals surface area contributed by atoms with Gasteiger partial charge in [-0.2, -0.15) is 0 Å². The number of aliphatic imine (C=N–C) groups is 1. The fourth-order valence-electron chi connectivity index (χ4n) is 3.14. The van der Waals surface area contributed by atoms with Crippen LogP contribution in [0.1, 0.15) is 20.8 Å². The van der Waals surface area contributed by atoms with E-state index in [1.165, 1.54) is 5.00 Å². The van der Waals surface area contributed by atoms with Gasteiger partial charge in [-0.3, -0.25) is 9.89 Å². The van der Waals surface area contributed by atoms with Crippen LogP contribution in [0.4, 0.5) is 5.00 Å². The Balaban J connectivity index is 1.81. The molecule has 1 N–H and O–H groups in total. The Morgan fingerprint density at radius 2 is 2.00 bits per heavy atom. The van der Waals surface area contributed by atoms with Crippen LogP contribution in [-0.4, -0.2) is 74.7 Å². The third-order valence-electron chi connectivity index (χ3n) is 4.60. The summed E-state index contributed by atoms with van der Waals surface area (Å²) in [6.45, 7) is 14.0. The fraction of sp³-hybridized carbons (Fsp3) is 0.706. The van der Waals surface area contributed by atoms with Crippen molar-refractivity contribution < 1.29 is 0 Å². The molecule has 0 aliphatic carbocycles. The van der Waals surface area contributed by atoms with Crippen LogP contribution in [0.2, 0.25) is 0 Å². The Labute approximate surface area is 145 Å². The summed E-state index contributed by atoms with van der Waals surface area (Å²) in [5, 5.41) is 7.08. The maximum absolute atomic E-state index is 4.48. The molecule has 1 aromatic rings. The Morgan fingerprint density at radius 3 is 2.52 bits per heavy atom. The van der Waals surface area contributed by atoms with Gasteiger partial charge in [0, 0.05) is 45.8 Å². The Hall–Kier alpha value is -1.27. The zero-order valence-corrected chi connectivity index (χ0v) is 15.8. The van der Waals surface area contributed by atoms with Crippen molar-refractivity contribution in [2.45, 2.75) is 26.8 Å². The zero-order valence-electron chi connectivity index (χ0n) is 15.0. The predicted octanol–water partition coefficient (Wildman–Crippen LogP) is 2.18. The van der Waals surface area contributed by atoms with Gasteiger partial charge in [0.05, 0.1) is 5.00 Å². The van der Waals surface area contributed by atoms with Crippen LogP contribution in [0.25, 0.3) is 0 Å². The molecule has 1 atom stereocenters. The maximum atomic E-state index is 4.48. The molecular formula is C17H31N5S. The van der Waals surface area contributed by atoms with E-state index in [1.54, 1.807) is 0 Å². The van der Waals surface area contributed by atoms with Gasteiger partial charge < -0.3 is 15.1 Å². The Bertz CT molecular complexity index is 461. The minimum atomic E-state index is 0.522. The topological polar surface area (TPSA) is 34.1 Å². The van der Waals surface area contributed by atoms with Crippen LogP contribution < -0.4 is 10.2 Å². The smallest absolute Gasteiger partial charge is 0.193 e. The number of nitrogens with one attached hydrogen (secondary N) is 1. The van der Waals surface area contributed by atoms with Crippen molar-refractivity contribution in [2.75, 3.05) is 57.8 Å². The summed E-state index contributed by atoms with van der Waals surface area (Å²) >= 11 is 1.82. The first-order chi connectivity index (χ1) is 11.2. The second kappa shape index (κ2) is 9.13. The maximum Gasteiger partial charge on any atom is 0.193 e. The van der Waals surface area contributed by atoms with Crippen molar-refractivity contribution in [3.05, 3.63) is 17.5 Å². The number of guanidine groups is 1. The van der Waals surface area contributed by atoms with Gasteiger partial charge in [0.25, 0.3) is 0 Å². The second-order valence-corrected chi connectivity index (χ2v) is 6.85. The zero-order chi connectivity index (χ0) is 16.7. The van der Waals surface area contributed by atoms with E-state index in [1.807, 2.05) is 18.4 Å². The number of piperazine rings is 1. The van der Waals surface area contributed by atoms with Crippen LogP contribution in [-0.2, 0) is 0 Å². The monoisotopic (exact) mass is 337 g/mol. The molecule has 1 saturated heterocycles. The molecule has 0 radical (unpaired) electrons. The molecule has 0 amide bonds. The highest BCUT2D eigenvalue weighted by Crippen LogP contribution is 2.22. The highest BCUT2D eigenvalue weighted by Gasteiger charge is 2.21. The molecule has 0 bridgehead atoms. The van der Waals surface area contributed by atoms with E-state index in [4.69, 9.17) is 0 Å². The summed E-state index contributed by atoms with van der Waals surface area (Å²) in [5.41, 5.74) is 0. The number of anilines is 1. The van der Waals surface area contributed by atoms with Crippen LogP contribution in [0.3, 0.4) is 0 Å². The van der Waals surface area contributed by atoms with Crippen molar-refractivity contribution in [1.82, 2.24) is 15.1 Å². The van der Waals surface area contributed by atoms with Crippen molar-refractivity contribution in [1.29, 1.82) is 0 Å². The molecule has 1 aromatic heterocycles. The van der Waals surface area contributed by atoms with Gasteiger partial charge in [0.15, 0.2) is 5.96 Å². The van der Waals surface area contributed by atoms with E-state index < -0.39 is 0 Å². The Morgan fingerprint density at radius 1 is 1.30 bits per heavy atom. The number of hydrogen-bond acceptors (Lipinski definition) is 4. The average Bonchev–Trinajstić information content (AvgIpc) is 3.11. The van der Waals surface area contributed by atoms with Crippen molar-refractivity contribution >= 4 is 22.3 Å². The third-order valence-corrected chi connectivity index (χ3v) is 5.53. The normalized spacial score (nSPS) is 17.7. The summed E-state index contributed by atoms with van der Waals surface area (Å²) in [6.07, 6.45) is 0. The number of rotatable bonds is 6. The van der Waals surface area contributed by atoms with Crippen molar-refractivity contribution in [2.24, 2.45) is 4.99 Å². The lowest BCUT2D eigenvalue weighted by atomic mass is 10.2. The van der Waals surface area contributed by atoms with Gasteiger partial charge in [-0.05, 0) is 37.5 Å². The molecular weight excluding hydrogens is 306 g/mol. The SMILES string of the molecule is CCN(CC)C(C)CNC(=NC)N1CCN(c2cccs2)CC1. The molecule has 1 unspecified atom stereocenters. The number of hydrogen-bond donors (Lipinski definition) is 1. The molecule has 0 saturated carbocycles. The van der Waals surface area contributed by atoms with Crippen LogP contribution >= 0.6 is 11.3 Å². The third kappa shape index (κ3) is 4.85. The summed E-state index contributed by atoms with van der Waals surface area (Å²) in [5.74, 6) is 1.04. The number of thiophene rings is 1. The minimum Gasteiger partial charge on any atom is -0.360 e. The molecule has 130 valence electrons. The highest BCUT2D eigenvalue weighted by molar-refractivity contribution is 7.14. The summed E-state index contributed by atoms with van der Waals surface area (Å²) in [7, 11) is 1.88. The predicted molar refractivity (Wildman–Crippen MR) is 102 cm³/mol. The molecule has 0 spiro atoms.